The number of aliphatic carboxylic acids is 1. The van der Waals surface area contributed by atoms with Gasteiger partial charge in [-0.05, 0) is 46.1 Å². The fourth-order valence-corrected chi connectivity index (χ4v) is 3.65. The average molecular weight is 390 g/mol. The molecule has 1 atom stereocenters. The van der Waals surface area contributed by atoms with Gasteiger partial charge in [-0.2, -0.15) is 0 Å². The Bertz CT molecular complexity index is 566. The molecule has 0 amide bonds. The molecule has 5 heteroatoms. The van der Waals surface area contributed by atoms with E-state index < -0.39 is 11.9 Å². The summed E-state index contributed by atoms with van der Waals surface area (Å²) >= 11 is 8.33. The number of hydrogen-bond acceptors (Lipinski definition) is 2. The lowest BCUT2D eigenvalue weighted by atomic mass is 9.95. The van der Waals surface area contributed by atoms with Gasteiger partial charge in [-0.25, -0.2) is 0 Å². The minimum Gasteiger partial charge on any atom is -0.481 e. The SMILES string of the molecule is O=C(O)C(Cc1cc(Br)cs1)c1cccc(Br)c1. The molecule has 0 radical (unpaired) electrons. The number of carbonyl (C=O) groups is 1. The van der Waals surface area contributed by atoms with Crippen LogP contribution in [0.2, 0.25) is 0 Å². The molecule has 2 nitrogen and oxygen atoms in total. The maximum absolute atomic E-state index is 11.4. The van der Waals surface area contributed by atoms with Crippen molar-refractivity contribution < 1.29 is 9.90 Å². The largest absolute Gasteiger partial charge is 0.481 e. The van der Waals surface area contributed by atoms with Crippen LogP contribution in [-0.4, -0.2) is 11.1 Å². The van der Waals surface area contributed by atoms with E-state index in [4.69, 9.17) is 0 Å². The summed E-state index contributed by atoms with van der Waals surface area (Å²) < 4.78 is 1.90. The quantitative estimate of drug-likeness (QED) is 0.823. The zero-order chi connectivity index (χ0) is 13.1. The summed E-state index contributed by atoms with van der Waals surface area (Å²) in [5.74, 6) is -1.30. The number of hydrogen-bond donors (Lipinski definition) is 1. The Labute approximate surface area is 126 Å². The van der Waals surface area contributed by atoms with E-state index in [0.717, 1.165) is 19.4 Å². The minimum atomic E-state index is -0.794. The Morgan fingerprint density at radius 1 is 1.28 bits per heavy atom. The Hall–Kier alpha value is -0.650. The molecule has 0 saturated heterocycles. The van der Waals surface area contributed by atoms with Gasteiger partial charge in [0.25, 0.3) is 0 Å². The Morgan fingerprint density at radius 2 is 2.06 bits per heavy atom. The molecule has 1 N–H and O–H groups in total. The molecular formula is C13H10Br2O2S. The predicted octanol–water partition coefficient (Wildman–Crippen LogP) is 4.68. The number of carboxylic acid groups (broad SMARTS) is 1. The number of benzene rings is 1. The van der Waals surface area contributed by atoms with Gasteiger partial charge in [0.2, 0.25) is 0 Å². The van der Waals surface area contributed by atoms with Crippen LogP contribution >= 0.6 is 43.2 Å². The standard InChI is InChI=1S/C13H10Br2O2S/c14-9-3-1-2-8(4-9)12(13(16)17)6-11-5-10(15)7-18-11/h1-5,7,12H,6H2,(H,16,17). The second-order valence-electron chi connectivity index (χ2n) is 3.88. The van der Waals surface area contributed by atoms with Crippen LogP contribution in [0.4, 0.5) is 0 Å². The molecule has 0 aliphatic heterocycles. The molecule has 18 heavy (non-hydrogen) atoms. The van der Waals surface area contributed by atoms with Gasteiger partial charge in [-0.3, -0.25) is 4.79 Å². The van der Waals surface area contributed by atoms with Gasteiger partial charge in [0.15, 0.2) is 0 Å². The second-order valence-corrected chi connectivity index (χ2v) is 6.71. The number of halogens is 2. The van der Waals surface area contributed by atoms with Gasteiger partial charge in [0.05, 0.1) is 5.92 Å². The summed E-state index contributed by atoms with van der Waals surface area (Å²) in [6.07, 6.45) is 0.516. The van der Waals surface area contributed by atoms with Crippen molar-refractivity contribution >= 4 is 49.2 Å². The maximum Gasteiger partial charge on any atom is 0.311 e. The van der Waals surface area contributed by atoms with E-state index in [1.54, 1.807) is 11.3 Å². The summed E-state index contributed by atoms with van der Waals surface area (Å²) in [4.78, 5) is 12.5. The molecule has 0 fully saturated rings. The van der Waals surface area contributed by atoms with Gasteiger partial charge >= 0.3 is 5.97 Å². The van der Waals surface area contributed by atoms with Gasteiger partial charge in [0, 0.05) is 19.2 Å². The Kier molecular flexibility index (Phi) is 4.59. The topological polar surface area (TPSA) is 37.3 Å². The molecule has 0 aliphatic rings. The predicted molar refractivity (Wildman–Crippen MR) is 80.2 cm³/mol. The molecule has 2 rings (SSSR count). The monoisotopic (exact) mass is 388 g/mol. The highest BCUT2D eigenvalue weighted by molar-refractivity contribution is 9.10. The molecule has 0 saturated carbocycles. The number of rotatable bonds is 4. The fraction of sp³-hybridized carbons (Fsp3) is 0.154. The fourth-order valence-electron chi connectivity index (χ4n) is 1.73. The van der Waals surface area contributed by atoms with Gasteiger partial charge in [-0.1, -0.05) is 28.1 Å². The third-order valence-corrected chi connectivity index (χ3v) is 4.79. The van der Waals surface area contributed by atoms with Crippen molar-refractivity contribution in [1.82, 2.24) is 0 Å². The summed E-state index contributed by atoms with van der Waals surface area (Å²) in [6, 6.07) is 9.44. The molecule has 0 aliphatic carbocycles. The lowest BCUT2D eigenvalue weighted by Crippen LogP contribution is -2.13. The first-order valence-electron chi connectivity index (χ1n) is 5.27. The van der Waals surface area contributed by atoms with Crippen LogP contribution in [0.5, 0.6) is 0 Å². The van der Waals surface area contributed by atoms with E-state index in [-0.39, 0.29) is 0 Å². The highest BCUT2D eigenvalue weighted by atomic mass is 79.9. The summed E-state index contributed by atoms with van der Waals surface area (Å²) in [5, 5.41) is 11.3. The van der Waals surface area contributed by atoms with Crippen molar-refractivity contribution in [3.8, 4) is 0 Å². The first kappa shape index (κ1) is 13.8. The third kappa shape index (κ3) is 3.43. The minimum absolute atomic E-state index is 0.506. The van der Waals surface area contributed by atoms with Crippen LogP contribution < -0.4 is 0 Å². The summed E-state index contributed by atoms with van der Waals surface area (Å²) in [6.45, 7) is 0. The van der Waals surface area contributed by atoms with Crippen molar-refractivity contribution in [2.45, 2.75) is 12.3 Å². The molecule has 1 aromatic carbocycles. The third-order valence-electron chi connectivity index (χ3n) is 2.58. The Morgan fingerprint density at radius 3 is 2.61 bits per heavy atom. The van der Waals surface area contributed by atoms with Crippen LogP contribution in [0.15, 0.2) is 44.7 Å². The summed E-state index contributed by atoms with van der Waals surface area (Å²) in [5.41, 5.74) is 0.821. The van der Waals surface area contributed by atoms with Crippen LogP contribution in [0.1, 0.15) is 16.4 Å². The van der Waals surface area contributed by atoms with E-state index in [1.165, 1.54) is 0 Å². The van der Waals surface area contributed by atoms with E-state index in [9.17, 15) is 9.90 Å². The highest BCUT2D eigenvalue weighted by Gasteiger charge is 2.21. The first-order valence-corrected chi connectivity index (χ1v) is 7.74. The zero-order valence-electron chi connectivity index (χ0n) is 9.27. The van der Waals surface area contributed by atoms with E-state index >= 15 is 0 Å². The number of thiophene rings is 1. The van der Waals surface area contributed by atoms with Crippen LogP contribution in [0, 0.1) is 0 Å². The molecule has 0 spiro atoms. The lowest BCUT2D eigenvalue weighted by Gasteiger charge is -2.12. The van der Waals surface area contributed by atoms with E-state index in [2.05, 4.69) is 31.9 Å². The molecule has 1 unspecified atom stereocenters. The van der Waals surface area contributed by atoms with Gasteiger partial charge in [-0.15, -0.1) is 11.3 Å². The normalized spacial score (nSPS) is 12.3. The van der Waals surface area contributed by atoms with Gasteiger partial charge in [0.1, 0.15) is 0 Å². The molecule has 2 aromatic rings. The van der Waals surface area contributed by atoms with E-state index in [0.29, 0.717) is 6.42 Å². The van der Waals surface area contributed by atoms with Crippen LogP contribution in [0.3, 0.4) is 0 Å². The smallest absolute Gasteiger partial charge is 0.311 e. The number of carboxylic acids is 1. The second kappa shape index (κ2) is 5.99. The van der Waals surface area contributed by atoms with Crippen molar-refractivity contribution in [3.63, 3.8) is 0 Å². The van der Waals surface area contributed by atoms with Crippen molar-refractivity contribution in [2.24, 2.45) is 0 Å². The highest BCUT2D eigenvalue weighted by Crippen LogP contribution is 2.28. The Balaban J connectivity index is 2.26. The van der Waals surface area contributed by atoms with Crippen LogP contribution in [-0.2, 0) is 11.2 Å². The lowest BCUT2D eigenvalue weighted by molar-refractivity contribution is -0.138. The molecule has 94 valence electrons. The van der Waals surface area contributed by atoms with E-state index in [1.807, 2.05) is 35.7 Å². The molecule has 1 heterocycles. The van der Waals surface area contributed by atoms with Crippen LogP contribution in [0.25, 0.3) is 0 Å². The molecule has 0 bridgehead atoms. The van der Waals surface area contributed by atoms with Crippen molar-refractivity contribution in [3.05, 3.63) is 55.1 Å². The molecule has 1 aromatic heterocycles. The summed E-state index contributed by atoms with van der Waals surface area (Å²) in [7, 11) is 0. The molecular weight excluding hydrogens is 380 g/mol. The van der Waals surface area contributed by atoms with Gasteiger partial charge < -0.3 is 5.11 Å². The first-order chi connectivity index (χ1) is 8.56. The zero-order valence-corrected chi connectivity index (χ0v) is 13.3. The average Bonchev–Trinajstić information content (AvgIpc) is 2.71. The van der Waals surface area contributed by atoms with Crippen molar-refractivity contribution in [2.75, 3.05) is 0 Å². The maximum atomic E-state index is 11.4. The van der Waals surface area contributed by atoms with Crippen molar-refractivity contribution in [1.29, 1.82) is 0 Å².